The fourth-order valence-electron chi connectivity index (χ4n) is 3.86. The summed E-state index contributed by atoms with van der Waals surface area (Å²) in [5, 5.41) is 0.897. The van der Waals surface area contributed by atoms with Crippen LogP contribution in [-0.4, -0.2) is 12.4 Å². The topological polar surface area (TPSA) is 39.4 Å². The highest BCUT2D eigenvalue weighted by molar-refractivity contribution is 14.1. The van der Waals surface area contributed by atoms with E-state index in [2.05, 4.69) is 66.0 Å². The molecule has 0 unspecified atom stereocenters. The van der Waals surface area contributed by atoms with E-state index in [9.17, 15) is 4.79 Å². The zero-order chi connectivity index (χ0) is 22.4. The average Bonchev–Trinajstić information content (AvgIpc) is 3.14. The highest BCUT2D eigenvalue weighted by Crippen LogP contribution is 2.33. The van der Waals surface area contributed by atoms with E-state index in [4.69, 9.17) is 9.15 Å². The Labute approximate surface area is 212 Å². The second-order valence-corrected chi connectivity index (χ2v) is 10.2. The summed E-state index contributed by atoms with van der Waals surface area (Å²) >= 11 is 4.56. The minimum Gasteiger partial charge on any atom is -0.491 e. The van der Waals surface area contributed by atoms with Crippen LogP contribution in [0.1, 0.15) is 74.6 Å². The molecule has 31 heavy (non-hydrogen) atoms. The van der Waals surface area contributed by atoms with Crippen molar-refractivity contribution in [2.75, 3.05) is 6.61 Å². The van der Waals surface area contributed by atoms with Gasteiger partial charge in [-0.05, 0) is 82.1 Å². The predicted molar refractivity (Wildman–Crippen MR) is 144 cm³/mol. The standard InChI is InChI=1S/C26H30I2O3/c1-4-7-11-23-24(19-10-8-9-12-22(19)31-23)25(29)18-15-20(27)26(21(28)16-18)30-14-13-17(5-2)6-3/h8-10,12,15-17H,4-7,11,13-14H2,1-3H3. The first-order valence-electron chi connectivity index (χ1n) is 11.2. The van der Waals surface area contributed by atoms with Gasteiger partial charge in [0.15, 0.2) is 5.78 Å². The van der Waals surface area contributed by atoms with Crippen molar-refractivity contribution in [3.8, 4) is 5.75 Å². The lowest BCUT2D eigenvalue weighted by Crippen LogP contribution is -2.09. The molecule has 0 aliphatic carbocycles. The zero-order valence-electron chi connectivity index (χ0n) is 18.5. The maximum Gasteiger partial charge on any atom is 0.197 e. The van der Waals surface area contributed by atoms with Crippen LogP contribution in [0.3, 0.4) is 0 Å². The van der Waals surface area contributed by atoms with Crippen LogP contribution in [0.25, 0.3) is 11.0 Å². The van der Waals surface area contributed by atoms with Crippen LogP contribution in [0, 0.1) is 13.1 Å². The maximum absolute atomic E-state index is 13.6. The first-order valence-corrected chi connectivity index (χ1v) is 13.3. The van der Waals surface area contributed by atoms with E-state index in [1.807, 2.05) is 36.4 Å². The summed E-state index contributed by atoms with van der Waals surface area (Å²) in [6, 6.07) is 11.7. The molecule has 1 aromatic heterocycles. The summed E-state index contributed by atoms with van der Waals surface area (Å²) in [5.74, 6) is 2.40. The zero-order valence-corrected chi connectivity index (χ0v) is 22.8. The Morgan fingerprint density at radius 3 is 2.39 bits per heavy atom. The molecule has 1 heterocycles. The number of fused-ring (bicyclic) bond motifs is 1. The molecular weight excluding hydrogens is 614 g/mol. The summed E-state index contributed by atoms with van der Waals surface area (Å²) in [6.45, 7) is 7.32. The van der Waals surface area contributed by atoms with Crippen LogP contribution in [0.2, 0.25) is 0 Å². The van der Waals surface area contributed by atoms with E-state index >= 15 is 0 Å². The fourth-order valence-corrected chi connectivity index (χ4v) is 5.94. The number of furan rings is 1. The first-order chi connectivity index (χ1) is 15.0. The molecule has 0 bridgehead atoms. The molecule has 0 saturated carbocycles. The van der Waals surface area contributed by atoms with Gasteiger partial charge in [0.2, 0.25) is 0 Å². The number of ether oxygens (including phenoxy) is 1. The van der Waals surface area contributed by atoms with Crippen molar-refractivity contribution in [1.82, 2.24) is 0 Å². The third kappa shape index (κ3) is 5.83. The monoisotopic (exact) mass is 644 g/mol. The number of ketones is 1. The second-order valence-electron chi connectivity index (χ2n) is 7.92. The van der Waals surface area contributed by atoms with Crippen LogP contribution in [0.5, 0.6) is 5.75 Å². The Kier molecular flexibility index (Phi) is 9.25. The molecule has 0 spiro atoms. The summed E-state index contributed by atoms with van der Waals surface area (Å²) < 4.78 is 14.1. The highest BCUT2D eigenvalue weighted by atomic mass is 127. The number of unbranched alkanes of at least 4 members (excludes halogenated alkanes) is 1. The average molecular weight is 644 g/mol. The van der Waals surface area contributed by atoms with E-state index in [-0.39, 0.29) is 5.78 Å². The number of halogens is 2. The van der Waals surface area contributed by atoms with Crippen LogP contribution < -0.4 is 4.74 Å². The van der Waals surface area contributed by atoms with Crippen LogP contribution in [-0.2, 0) is 6.42 Å². The molecule has 0 atom stereocenters. The third-order valence-corrected chi connectivity index (χ3v) is 7.44. The van der Waals surface area contributed by atoms with E-state index in [0.717, 1.165) is 55.3 Å². The Hall–Kier alpha value is -1.09. The van der Waals surface area contributed by atoms with Gasteiger partial charge < -0.3 is 9.15 Å². The number of aryl methyl sites for hydroxylation is 1. The lowest BCUT2D eigenvalue weighted by Gasteiger charge is -2.15. The van der Waals surface area contributed by atoms with Gasteiger partial charge in [-0.25, -0.2) is 0 Å². The molecule has 0 aliphatic heterocycles. The molecule has 2 aromatic carbocycles. The van der Waals surface area contributed by atoms with Crippen molar-refractivity contribution in [3.05, 3.63) is 60.4 Å². The molecule has 0 fully saturated rings. The number of hydrogen-bond donors (Lipinski definition) is 0. The summed E-state index contributed by atoms with van der Waals surface area (Å²) in [4.78, 5) is 13.6. The van der Waals surface area contributed by atoms with Crippen LogP contribution in [0.15, 0.2) is 40.8 Å². The van der Waals surface area contributed by atoms with E-state index in [1.165, 1.54) is 12.8 Å². The number of carbonyl (C=O) groups excluding carboxylic acids is 1. The number of para-hydroxylation sites is 1. The smallest absolute Gasteiger partial charge is 0.197 e. The fraction of sp³-hybridized carbons (Fsp3) is 0.423. The van der Waals surface area contributed by atoms with Gasteiger partial charge in [0.05, 0.1) is 19.3 Å². The van der Waals surface area contributed by atoms with Crippen LogP contribution in [0.4, 0.5) is 0 Å². The summed E-state index contributed by atoms with van der Waals surface area (Å²) in [5.41, 5.74) is 2.17. The Balaban J connectivity index is 1.89. The molecule has 3 rings (SSSR count). The molecule has 0 aliphatic rings. The van der Waals surface area contributed by atoms with E-state index in [0.29, 0.717) is 23.7 Å². The van der Waals surface area contributed by atoms with Crippen molar-refractivity contribution >= 4 is 61.9 Å². The Bertz CT molecular complexity index is 1010. The van der Waals surface area contributed by atoms with Crippen molar-refractivity contribution in [2.24, 2.45) is 5.92 Å². The molecule has 166 valence electrons. The molecule has 0 saturated heterocycles. The summed E-state index contributed by atoms with van der Waals surface area (Å²) in [7, 11) is 0. The van der Waals surface area contributed by atoms with Crippen molar-refractivity contribution < 1.29 is 13.9 Å². The first kappa shape index (κ1) is 24.6. The molecule has 0 N–H and O–H groups in total. The Morgan fingerprint density at radius 1 is 1.06 bits per heavy atom. The van der Waals surface area contributed by atoms with Crippen molar-refractivity contribution in [3.63, 3.8) is 0 Å². The lowest BCUT2D eigenvalue weighted by molar-refractivity contribution is 0.103. The molecule has 3 aromatic rings. The maximum atomic E-state index is 13.6. The SMILES string of the molecule is CCCCc1oc2ccccc2c1C(=O)c1cc(I)c(OCCC(CC)CC)c(I)c1. The normalized spacial score (nSPS) is 11.4. The quantitative estimate of drug-likeness (QED) is 0.156. The number of carbonyl (C=O) groups is 1. The van der Waals surface area contributed by atoms with Crippen LogP contribution >= 0.6 is 45.2 Å². The highest BCUT2D eigenvalue weighted by Gasteiger charge is 2.23. The van der Waals surface area contributed by atoms with Gasteiger partial charge in [0.25, 0.3) is 0 Å². The number of benzene rings is 2. The van der Waals surface area contributed by atoms with Gasteiger partial charge in [-0.3, -0.25) is 4.79 Å². The minimum absolute atomic E-state index is 0.0236. The number of rotatable bonds is 11. The van der Waals surface area contributed by atoms with Gasteiger partial charge in [0, 0.05) is 17.4 Å². The van der Waals surface area contributed by atoms with Crippen molar-refractivity contribution in [1.29, 1.82) is 0 Å². The van der Waals surface area contributed by atoms with Gasteiger partial charge in [-0.2, -0.15) is 0 Å². The predicted octanol–water partition coefficient (Wildman–Crippen LogP) is 8.42. The van der Waals surface area contributed by atoms with Gasteiger partial charge in [-0.15, -0.1) is 0 Å². The van der Waals surface area contributed by atoms with E-state index < -0.39 is 0 Å². The largest absolute Gasteiger partial charge is 0.491 e. The molecule has 0 radical (unpaired) electrons. The molecule has 0 amide bonds. The van der Waals surface area contributed by atoms with E-state index in [1.54, 1.807) is 0 Å². The molecule has 3 nitrogen and oxygen atoms in total. The molecular formula is C26H30I2O3. The Morgan fingerprint density at radius 2 is 1.74 bits per heavy atom. The van der Waals surface area contributed by atoms with Crippen molar-refractivity contribution in [2.45, 2.75) is 59.3 Å². The number of hydrogen-bond acceptors (Lipinski definition) is 3. The lowest BCUT2D eigenvalue weighted by atomic mass is 9.98. The minimum atomic E-state index is 0.0236. The molecule has 5 heteroatoms. The van der Waals surface area contributed by atoms with Gasteiger partial charge in [0.1, 0.15) is 17.1 Å². The second kappa shape index (κ2) is 11.7. The summed E-state index contributed by atoms with van der Waals surface area (Å²) in [6.07, 6.45) is 6.25. The van der Waals surface area contributed by atoms with Gasteiger partial charge in [-0.1, -0.05) is 58.2 Å². The third-order valence-electron chi connectivity index (χ3n) is 5.84. The van der Waals surface area contributed by atoms with Gasteiger partial charge >= 0.3 is 0 Å².